The average Bonchev–Trinajstić information content (AvgIpc) is 2.93. The van der Waals surface area contributed by atoms with E-state index in [1.807, 2.05) is 48.5 Å². The molecule has 5 nitrogen and oxygen atoms in total. The monoisotopic (exact) mass is 575 g/mol. The summed E-state index contributed by atoms with van der Waals surface area (Å²) in [6.45, 7) is 0.373. The van der Waals surface area contributed by atoms with E-state index < -0.39 is 6.10 Å². The Morgan fingerprint density at radius 2 is 1.66 bits per heavy atom. The van der Waals surface area contributed by atoms with Gasteiger partial charge in [0.2, 0.25) is 5.91 Å². The van der Waals surface area contributed by atoms with Crippen LogP contribution in [0.15, 0.2) is 102 Å². The molecule has 1 saturated heterocycles. The maximum absolute atomic E-state index is 13.5. The summed E-state index contributed by atoms with van der Waals surface area (Å²) in [5.74, 6) is -0.0394. The van der Waals surface area contributed by atoms with Crippen molar-refractivity contribution in [2.75, 3.05) is 4.90 Å². The van der Waals surface area contributed by atoms with Crippen LogP contribution in [0.3, 0.4) is 0 Å². The Labute approximate surface area is 229 Å². The fourth-order valence-corrected chi connectivity index (χ4v) is 5.23. The van der Waals surface area contributed by atoms with Crippen LogP contribution in [0.5, 0.6) is 11.5 Å². The molecule has 2 N–H and O–H groups in total. The lowest BCUT2D eigenvalue weighted by Gasteiger charge is -2.48. The van der Waals surface area contributed by atoms with Crippen molar-refractivity contribution in [2.24, 2.45) is 5.92 Å². The van der Waals surface area contributed by atoms with Crippen LogP contribution < -0.4 is 9.64 Å². The molecule has 1 aliphatic heterocycles. The van der Waals surface area contributed by atoms with Gasteiger partial charge < -0.3 is 19.8 Å². The van der Waals surface area contributed by atoms with E-state index in [1.165, 1.54) is 12.1 Å². The number of halogens is 2. The first-order chi connectivity index (χ1) is 18.4. The fraction of sp³-hybridized carbons (Fsp3) is 0.194. The molecule has 0 saturated carbocycles. The van der Waals surface area contributed by atoms with Crippen molar-refractivity contribution in [3.05, 3.63) is 124 Å². The molecule has 4 aromatic carbocycles. The highest BCUT2D eigenvalue weighted by Crippen LogP contribution is 2.49. The number of anilines is 1. The first-order valence-corrected chi connectivity index (χ1v) is 13.2. The minimum atomic E-state index is -0.814. The highest BCUT2D eigenvalue weighted by Gasteiger charge is 2.49. The Hall–Kier alpha value is -3.68. The summed E-state index contributed by atoms with van der Waals surface area (Å²) >= 11 is 3.54. The molecule has 38 heavy (non-hydrogen) atoms. The number of β-lactam (4-membered cyclic amide) rings is 1. The van der Waals surface area contributed by atoms with Crippen LogP contribution in [0, 0.1) is 11.7 Å². The van der Waals surface area contributed by atoms with Crippen molar-refractivity contribution >= 4 is 27.5 Å². The van der Waals surface area contributed by atoms with Crippen LogP contribution in [0.25, 0.3) is 0 Å². The Morgan fingerprint density at radius 1 is 0.947 bits per heavy atom. The molecule has 3 unspecified atom stereocenters. The largest absolute Gasteiger partial charge is 0.508 e. The Morgan fingerprint density at radius 3 is 2.37 bits per heavy atom. The van der Waals surface area contributed by atoms with Crippen molar-refractivity contribution in [3.8, 4) is 11.5 Å². The molecular weight excluding hydrogens is 549 g/mol. The number of carbonyl (C=O) groups excluding carboxylic acids is 1. The Balaban J connectivity index is 1.43. The maximum Gasteiger partial charge on any atom is 0.233 e. The number of phenolic OH excluding ortho intramolecular Hbond substituents is 1. The molecule has 0 aromatic heterocycles. The fourth-order valence-electron chi connectivity index (χ4n) is 4.89. The molecule has 1 fully saturated rings. The highest BCUT2D eigenvalue weighted by molar-refractivity contribution is 9.10. The summed E-state index contributed by atoms with van der Waals surface area (Å²) in [5, 5.41) is 20.5. The van der Waals surface area contributed by atoms with E-state index >= 15 is 0 Å². The lowest BCUT2D eigenvalue weighted by Crippen LogP contribution is -2.55. The summed E-state index contributed by atoms with van der Waals surface area (Å²) in [4.78, 5) is 15.2. The van der Waals surface area contributed by atoms with E-state index in [0.29, 0.717) is 36.4 Å². The van der Waals surface area contributed by atoms with Gasteiger partial charge in [0.1, 0.15) is 23.9 Å². The lowest BCUT2D eigenvalue weighted by atomic mass is 9.78. The predicted octanol–water partition coefficient (Wildman–Crippen LogP) is 7.09. The standard InChI is InChI=1S/C31H27BrFNO4/c32-22-8-15-26(29(18-22)38-19-20-4-2-1-3-5-20)30-27(16-17-28(36)21-6-9-23(33)10-7-21)31(37)34(30)24-11-13-25(35)14-12-24/h1-15,18,27-28,30,35-36H,16-17,19H2. The smallest absolute Gasteiger partial charge is 0.233 e. The van der Waals surface area contributed by atoms with Gasteiger partial charge in [-0.2, -0.15) is 0 Å². The third kappa shape index (κ3) is 5.59. The van der Waals surface area contributed by atoms with Gasteiger partial charge in [-0.05, 0) is 72.5 Å². The van der Waals surface area contributed by atoms with E-state index in [2.05, 4.69) is 15.9 Å². The SMILES string of the molecule is O=C1C(CCC(O)c2ccc(F)cc2)C(c2ccc(Br)cc2OCc2ccccc2)N1c1ccc(O)cc1. The number of phenols is 1. The van der Waals surface area contributed by atoms with Crippen LogP contribution in [-0.2, 0) is 11.4 Å². The normalized spacial score (nSPS) is 17.7. The van der Waals surface area contributed by atoms with Crippen LogP contribution in [0.2, 0.25) is 0 Å². The molecule has 194 valence electrons. The number of aliphatic hydroxyl groups excluding tert-OH is 1. The van der Waals surface area contributed by atoms with E-state index in [4.69, 9.17) is 4.74 Å². The van der Waals surface area contributed by atoms with Crippen LogP contribution >= 0.6 is 15.9 Å². The topological polar surface area (TPSA) is 70.0 Å². The molecule has 5 rings (SSSR count). The van der Waals surface area contributed by atoms with Gasteiger partial charge in [0, 0.05) is 15.7 Å². The van der Waals surface area contributed by atoms with Gasteiger partial charge in [0.25, 0.3) is 0 Å². The van der Waals surface area contributed by atoms with Gasteiger partial charge in [-0.1, -0.05) is 64.5 Å². The number of aromatic hydroxyl groups is 1. The zero-order valence-electron chi connectivity index (χ0n) is 20.5. The summed E-state index contributed by atoms with van der Waals surface area (Å²) in [6.07, 6.45) is -0.0331. The number of rotatable bonds is 9. The molecule has 0 radical (unpaired) electrons. The number of aliphatic hydroxyl groups is 1. The van der Waals surface area contributed by atoms with Gasteiger partial charge in [0.15, 0.2) is 0 Å². The van der Waals surface area contributed by atoms with E-state index in [9.17, 15) is 19.4 Å². The number of ether oxygens (including phenoxy) is 1. The van der Waals surface area contributed by atoms with Crippen molar-refractivity contribution in [1.82, 2.24) is 0 Å². The molecule has 4 aromatic rings. The number of nitrogens with zero attached hydrogens (tertiary/aromatic N) is 1. The molecule has 0 aliphatic carbocycles. The number of amides is 1. The average molecular weight is 576 g/mol. The summed E-state index contributed by atoms with van der Waals surface area (Å²) in [7, 11) is 0. The van der Waals surface area contributed by atoms with Gasteiger partial charge in [-0.3, -0.25) is 4.79 Å². The molecule has 0 bridgehead atoms. The number of benzene rings is 4. The second kappa shape index (κ2) is 11.4. The molecule has 1 aliphatic rings. The first kappa shape index (κ1) is 25.9. The first-order valence-electron chi connectivity index (χ1n) is 12.4. The second-order valence-electron chi connectivity index (χ2n) is 9.38. The molecule has 1 heterocycles. The molecule has 3 atom stereocenters. The van der Waals surface area contributed by atoms with Crippen LogP contribution in [0.4, 0.5) is 10.1 Å². The van der Waals surface area contributed by atoms with E-state index in [1.54, 1.807) is 41.3 Å². The molecular formula is C31H27BrFNO4. The quantitative estimate of drug-likeness (QED) is 0.209. The highest BCUT2D eigenvalue weighted by atomic mass is 79.9. The number of hydrogen-bond donors (Lipinski definition) is 2. The second-order valence-corrected chi connectivity index (χ2v) is 10.3. The van der Waals surface area contributed by atoms with Crippen molar-refractivity contribution in [1.29, 1.82) is 0 Å². The van der Waals surface area contributed by atoms with E-state index in [0.717, 1.165) is 15.6 Å². The summed E-state index contributed by atoms with van der Waals surface area (Å²) in [6, 6.07) is 27.6. The molecule has 7 heteroatoms. The van der Waals surface area contributed by atoms with Gasteiger partial charge in [-0.25, -0.2) is 4.39 Å². The minimum absolute atomic E-state index is 0.0658. The Kier molecular flexibility index (Phi) is 7.77. The lowest BCUT2D eigenvalue weighted by molar-refractivity contribution is -0.131. The third-order valence-corrected chi connectivity index (χ3v) is 7.37. The van der Waals surface area contributed by atoms with Gasteiger partial charge >= 0.3 is 0 Å². The number of carbonyl (C=O) groups is 1. The summed E-state index contributed by atoms with van der Waals surface area (Å²) in [5.41, 5.74) is 3.17. The predicted molar refractivity (Wildman–Crippen MR) is 147 cm³/mol. The van der Waals surface area contributed by atoms with Crippen molar-refractivity contribution in [3.63, 3.8) is 0 Å². The zero-order valence-corrected chi connectivity index (χ0v) is 22.1. The molecule has 1 amide bonds. The minimum Gasteiger partial charge on any atom is -0.508 e. The summed E-state index contributed by atoms with van der Waals surface area (Å²) < 4.78 is 20.4. The number of hydrogen-bond acceptors (Lipinski definition) is 4. The van der Waals surface area contributed by atoms with Crippen LogP contribution in [-0.4, -0.2) is 16.1 Å². The zero-order chi connectivity index (χ0) is 26.6. The van der Waals surface area contributed by atoms with E-state index in [-0.39, 0.29) is 29.4 Å². The third-order valence-electron chi connectivity index (χ3n) is 6.88. The molecule has 0 spiro atoms. The van der Waals surface area contributed by atoms with Crippen molar-refractivity contribution in [2.45, 2.75) is 31.6 Å². The van der Waals surface area contributed by atoms with Gasteiger partial charge in [-0.15, -0.1) is 0 Å². The maximum atomic E-state index is 13.5. The Bertz CT molecular complexity index is 1400. The van der Waals surface area contributed by atoms with Crippen molar-refractivity contribution < 1.29 is 24.1 Å². The van der Waals surface area contributed by atoms with Gasteiger partial charge in [0.05, 0.1) is 18.1 Å². The van der Waals surface area contributed by atoms with Crippen LogP contribution in [0.1, 0.15) is 41.7 Å².